The second-order valence-electron chi connectivity index (χ2n) is 5.30. The lowest BCUT2D eigenvalue weighted by molar-refractivity contribution is 0.414. The smallest absolute Gasteiger partial charge is 0.340 e. The van der Waals surface area contributed by atoms with E-state index >= 15 is 0 Å². The second-order valence-corrected chi connectivity index (χ2v) is 8.51. The molecule has 2 rings (SSSR count). The molecule has 1 N–H and O–H groups in total. The van der Waals surface area contributed by atoms with Crippen LogP contribution < -0.4 is 13.6 Å². The minimum atomic E-state index is -4.16. The van der Waals surface area contributed by atoms with Gasteiger partial charge in [-0.2, -0.15) is 13.4 Å². The largest absolute Gasteiger partial charge is 0.497 e. The van der Waals surface area contributed by atoms with Gasteiger partial charge in [-0.05, 0) is 44.2 Å². The number of aromatic nitrogens is 1. The van der Waals surface area contributed by atoms with Crippen LogP contribution in [-0.2, 0) is 20.1 Å². The van der Waals surface area contributed by atoms with Gasteiger partial charge < -0.3 is 8.92 Å². The number of sulfonamides is 1. The van der Waals surface area contributed by atoms with Gasteiger partial charge in [0.05, 0.1) is 7.11 Å². The van der Waals surface area contributed by atoms with E-state index in [0.29, 0.717) is 5.75 Å². The average Bonchev–Trinajstić information content (AvgIpc) is 2.53. The van der Waals surface area contributed by atoms with Crippen molar-refractivity contribution in [2.75, 3.05) is 7.11 Å². The van der Waals surface area contributed by atoms with E-state index in [1.54, 1.807) is 13.8 Å². The summed E-state index contributed by atoms with van der Waals surface area (Å²) >= 11 is 0. The van der Waals surface area contributed by atoms with E-state index in [1.807, 2.05) is 0 Å². The zero-order chi connectivity index (χ0) is 18.7. The van der Waals surface area contributed by atoms with Crippen molar-refractivity contribution in [3.63, 3.8) is 0 Å². The van der Waals surface area contributed by atoms with Gasteiger partial charge in [0, 0.05) is 12.1 Å². The van der Waals surface area contributed by atoms with Crippen molar-refractivity contribution >= 4 is 20.1 Å². The summed E-state index contributed by atoms with van der Waals surface area (Å²) in [7, 11) is -6.56. The lowest BCUT2D eigenvalue weighted by Gasteiger charge is -2.10. The number of hydrogen-bond acceptors (Lipinski definition) is 7. The second kappa shape index (κ2) is 7.38. The van der Waals surface area contributed by atoms with Gasteiger partial charge in [-0.15, -0.1) is 0 Å². The van der Waals surface area contributed by atoms with Gasteiger partial charge >= 0.3 is 10.1 Å². The first-order valence-corrected chi connectivity index (χ1v) is 10.1. The molecular weight excluding hydrogens is 368 g/mol. The molecule has 10 heteroatoms. The van der Waals surface area contributed by atoms with Gasteiger partial charge in [0.15, 0.2) is 5.03 Å². The fourth-order valence-corrected chi connectivity index (χ4v) is 3.96. The molecule has 1 aromatic heterocycles. The Balaban J connectivity index is 2.29. The van der Waals surface area contributed by atoms with Gasteiger partial charge in [0.1, 0.15) is 10.6 Å². The molecule has 0 saturated heterocycles. The first kappa shape index (κ1) is 19.2. The van der Waals surface area contributed by atoms with Crippen LogP contribution in [0.5, 0.6) is 11.6 Å². The van der Waals surface area contributed by atoms with Crippen LogP contribution in [0.1, 0.15) is 13.8 Å². The lowest BCUT2D eigenvalue weighted by atomic mass is 10.3. The van der Waals surface area contributed by atoms with E-state index in [-0.39, 0.29) is 21.8 Å². The molecule has 136 valence electrons. The van der Waals surface area contributed by atoms with Crippen molar-refractivity contribution in [3.05, 3.63) is 42.5 Å². The quantitative estimate of drug-likeness (QED) is 0.719. The molecule has 0 aliphatic heterocycles. The van der Waals surface area contributed by atoms with Crippen molar-refractivity contribution in [1.29, 1.82) is 0 Å². The third kappa shape index (κ3) is 4.91. The number of rotatable bonds is 7. The molecule has 0 aliphatic rings. The summed E-state index contributed by atoms with van der Waals surface area (Å²) in [5, 5.41) is -0.330. The number of nitrogens with one attached hydrogen (secondary N) is 1. The molecule has 1 heterocycles. The van der Waals surface area contributed by atoms with Crippen LogP contribution in [0.4, 0.5) is 0 Å². The lowest BCUT2D eigenvalue weighted by Crippen LogP contribution is -2.30. The summed E-state index contributed by atoms with van der Waals surface area (Å²) in [4.78, 5) is 3.66. The number of ether oxygens (including phenoxy) is 1. The van der Waals surface area contributed by atoms with Crippen LogP contribution in [0.2, 0.25) is 0 Å². The highest BCUT2D eigenvalue weighted by molar-refractivity contribution is 7.89. The highest BCUT2D eigenvalue weighted by Gasteiger charge is 2.21. The molecule has 0 aliphatic carbocycles. The van der Waals surface area contributed by atoms with E-state index in [4.69, 9.17) is 8.92 Å². The zero-order valence-electron chi connectivity index (χ0n) is 13.8. The molecule has 1 aromatic carbocycles. The number of methoxy groups -OCH3 is 1. The maximum atomic E-state index is 12.3. The number of nitrogens with zero attached hydrogens (tertiary/aromatic N) is 1. The summed E-state index contributed by atoms with van der Waals surface area (Å²) in [6, 6.07) is 9.09. The molecule has 0 amide bonds. The summed E-state index contributed by atoms with van der Waals surface area (Å²) in [5.41, 5.74) is 0. The van der Waals surface area contributed by atoms with Crippen molar-refractivity contribution in [2.24, 2.45) is 0 Å². The van der Waals surface area contributed by atoms with E-state index in [2.05, 4.69) is 9.71 Å². The SMILES string of the molecule is COc1ccc(S(=O)(=O)Oc2cccc(S(=O)(=O)NC(C)C)n2)cc1. The number of hydrogen-bond donors (Lipinski definition) is 1. The molecular formula is C15H18N2O6S2. The third-order valence-corrected chi connectivity index (χ3v) is 5.71. The molecule has 8 nitrogen and oxygen atoms in total. The first-order valence-electron chi connectivity index (χ1n) is 7.22. The van der Waals surface area contributed by atoms with Gasteiger partial charge in [-0.1, -0.05) is 6.07 Å². The minimum absolute atomic E-state index is 0.108. The molecule has 25 heavy (non-hydrogen) atoms. The molecule has 0 radical (unpaired) electrons. The zero-order valence-corrected chi connectivity index (χ0v) is 15.5. The molecule has 0 bridgehead atoms. The average molecular weight is 386 g/mol. The van der Waals surface area contributed by atoms with Crippen LogP contribution in [0.15, 0.2) is 52.4 Å². The number of benzene rings is 1. The molecule has 2 aromatic rings. The Hall–Kier alpha value is -2.17. The van der Waals surface area contributed by atoms with Gasteiger partial charge in [-0.3, -0.25) is 0 Å². The Morgan fingerprint density at radius 2 is 1.64 bits per heavy atom. The van der Waals surface area contributed by atoms with Crippen molar-refractivity contribution in [2.45, 2.75) is 29.8 Å². The standard InChI is InChI=1S/C15H18N2O6S2/c1-11(2)17-24(18,19)15-6-4-5-14(16-15)23-25(20,21)13-9-7-12(22-3)8-10-13/h4-11,17H,1-3H3. The van der Waals surface area contributed by atoms with Crippen molar-refractivity contribution < 1.29 is 25.8 Å². The Labute approximate surface area is 147 Å². The highest BCUT2D eigenvalue weighted by atomic mass is 32.2. The Kier molecular flexibility index (Phi) is 5.65. The van der Waals surface area contributed by atoms with Crippen molar-refractivity contribution in [1.82, 2.24) is 9.71 Å². The third-order valence-electron chi connectivity index (χ3n) is 2.91. The minimum Gasteiger partial charge on any atom is -0.497 e. The molecule has 0 unspecified atom stereocenters. The van der Waals surface area contributed by atoms with Crippen LogP contribution >= 0.6 is 0 Å². The van der Waals surface area contributed by atoms with Crippen LogP contribution in [0.3, 0.4) is 0 Å². The van der Waals surface area contributed by atoms with E-state index in [1.165, 1.54) is 49.6 Å². The highest BCUT2D eigenvalue weighted by Crippen LogP contribution is 2.20. The Bertz CT molecular complexity index is 938. The topological polar surface area (TPSA) is 112 Å². The predicted octanol–water partition coefficient (Wildman–Crippen LogP) is 1.54. The van der Waals surface area contributed by atoms with Gasteiger partial charge in [-0.25, -0.2) is 13.1 Å². The molecule has 0 atom stereocenters. The summed E-state index contributed by atoms with van der Waals surface area (Å²) in [5.74, 6) is 0.146. The maximum Gasteiger partial charge on any atom is 0.340 e. The van der Waals surface area contributed by atoms with Gasteiger partial charge in [0.2, 0.25) is 5.88 Å². The van der Waals surface area contributed by atoms with E-state index in [9.17, 15) is 16.8 Å². The Morgan fingerprint density at radius 1 is 1.00 bits per heavy atom. The summed E-state index contributed by atoms with van der Waals surface area (Å²) in [6.07, 6.45) is 0. The maximum absolute atomic E-state index is 12.3. The van der Waals surface area contributed by atoms with E-state index in [0.717, 1.165) is 0 Å². The fourth-order valence-electron chi connectivity index (χ4n) is 1.87. The predicted molar refractivity (Wildman–Crippen MR) is 90.5 cm³/mol. The number of pyridine rings is 1. The Morgan fingerprint density at radius 3 is 2.20 bits per heavy atom. The van der Waals surface area contributed by atoms with E-state index < -0.39 is 20.1 Å². The molecule has 0 fully saturated rings. The van der Waals surface area contributed by atoms with Gasteiger partial charge in [0.25, 0.3) is 10.0 Å². The molecule has 0 spiro atoms. The van der Waals surface area contributed by atoms with Crippen molar-refractivity contribution in [3.8, 4) is 11.6 Å². The van der Waals surface area contributed by atoms with Crippen LogP contribution in [0, 0.1) is 0 Å². The molecule has 0 saturated carbocycles. The van der Waals surface area contributed by atoms with Crippen LogP contribution in [-0.4, -0.2) is 35.0 Å². The fraction of sp³-hybridized carbons (Fsp3) is 0.267. The summed E-state index contributed by atoms with van der Waals surface area (Å²) < 4.78 is 61.0. The normalized spacial score (nSPS) is 12.2. The summed E-state index contributed by atoms with van der Waals surface area (Å²) in [6.45, 7) is 3.32. The van der Waals surface area contributed by atoms with Crippen LogP contribution in [0.25, 0.3) is 0 Å². The first-order chi connectivity index (χ1) is 11.6. The monoisotopic (exact) mass is 386 g/mol.